The van der Waals surface area contributed by atoms with E-state index in [9.17, 15) is 13.2 Å². The smallest absolute Gasteiger partial charge is 0.323 e. The van der Waals surface area contributed by atoms with Crippen molar-refractivity contribution in [3.05, 3.63) is 36.4 Å². The first-order chi connectivity index (χ1) is 13.8. The summed E-state index contributed by atoms with van der Waals surface area (Å²) < 4.78 is 48.0. The van der Waals surface area contributed by atoms with E-state index < -0.39 is 16.1 Å². The quantitative estimate of drug-likeness (QED) is 0.524. The average molecular weight is 424 g/mol. The Hall–Kier alpha value is -2.98. The molecule has 0 saturated carbocycles. The summed E-state index contributed by atoms with van der Waals surface area (Å²) in [6.07, 6.45) is 0. The first-order valence-corrected chi connectivity index (χ1v) is 10.4. The Balaban J connectivity index is 2.20. The first kappa shape index (κ1) is 22.3. The van der Waals surface area contributed by atoms with Crippen molar-refractivity contribution in [1.82, 2.24) is 0 Å². The number of urea groups is 1. The van der Waals surface area contributed by atoms with E-state index in [0.717, 1.165) is 0 Å². The van der Waals surface area contributed by atoms with E-state index in [1.54, 1.807) is 12.1 Å². The number of nitrogens with one attached hydrogen (secondary N) is 2. The van der Waals surface area contributed by atoms with E-state index in [2.05, 4.69) is 10.6 Å². The predicted octanol–water partition coefficient (Wildman–Crippen LogP) is 3.77. The van der Waals surface area contributed by atoms with Crippen molar-refractivity contribution in [3.8, 4) is 17.2 Å². The van der Waals surface area contributed by atoms with Crippen LogP contribution in [0.3, 0.4) is 0 Å². The molecule has 0 bridgehead atoms. The number of carbonyl (C=O) groups is 1. The summed E-state index contributed by atoms with van der Waals surface area (Å²) in [5, 5.41) is 5.24. The van der Waals surface area contributed by atoms with Crippen LogP contribution in [0.2, 0.25) is 0 Å². The lowest BCUT2D eigenvalue weighted by atomic mass is 10.2. The van der Waals surface area contributed by atoms with Gasteiger partial charge in [-0.1, -0.05) is 0 Å². The van der Waals surface area contributed by atoms with Crippen LogP contribution in [0.4, 0.5) is 16.2 Å². The third-order valence-electron chi connectivity index (χ3n) is 3.58. The summed E-state index contributed by atoms with van der Waals surface area (Å²) in [6.45, 7) is 6.74. The molecule has 0 aliphatic heterocycles. The molecule has 0 aromatic heterocycles. The second-order valence-corrected chi connectivity index (χ2v) is 7.10. The van der Waals surface area contributed by atoms with Crippen LogP contribution >= 0.6 is 0 Å². The Morgan fingerprint density at radius 2 is 1.34 bits per heavy atom. The first-order valence-electron chi connectivity index (χ1n) is 9.00. The van der Waals surface area contributed by atoms with Crippen molar-refractivity contribution < 1.29 is 32.0 Å². The van der Waals surface area contributed by atoms with Crippen LogP contribution in [0.15, 0.2) is 41.3 Å². The number of hydrogen-bond acceptors (Lipinski definition) is 6. The van der Waals surface area contributed by atoms with E-state index in [1.165, 1.54) is 24.3 Å². The van der Waals surface area contributed by atoms with Crippen molar-refractivity contribution >= 4 is 27.5 Å². The standard InChI is InChI=1S/C19H24N2O7S/c1-4-26-16-11-14(12-17(27-5-2)18(16)28-6-3)21-19(22)20-13-7-9-15(10-8-13)29(23,24)25/h7-12H,4-6H2,1-3H3,(H2,20,21,22)(H,23,24,25). The van der Waals surface area contributed by atoms with E-state index in [-0.39, 0.29) is 4.90 Å². The number of anilines is 2. The van der Waals surface area contributed by atoms with Crippen LogP contribution in [0.25, 0.3) is 0 Å². The molecule has 10 heteroatoms. The molecular formula is C19H24N2O7S. The maximum absolute atomic E-state index is 12.3. The lowest BCUT2D eigenvalue weighted by Gasteiger charge is -2.17. The molecule has 0 fully saturated rings. The lowest BCUT2D eigenvalue weighted by molar-refractivity contribution is 0.260. The Labute approximate surface area is 169 Å². The second kappa shape index (κ2) is 9.99. The highest BCUT2D eigenvalue weighted by atomic mass is 32.2. The molecule has 0 unspecified atom stereocenters. The summed E-state index contributed by atoms with van der Waals surface area (Å²) in [7, 11) is -4.29. The molecule has 0 spiro atoms. The van der Waals surface area contributed by atoms with Gasteiger partial charge >= 0.3 is 6.03 Å². The van der Waals surface area contributed by atoms with Gasteiger partial charge in [0.05, 0.1) is 30.4 Å². The van der Waals surface area contributed by atoms with E-state index in [4.69, 9.17) is 18.8 Å². The average Bonchev–Trinajstić information content (AvgIpc) is 2.64. The molecule has 0 saturated heterocycles. The molecule has 2 amide bonds. The molecule has 0 radical (unpaired) electrons. The molecule has 0 atom stereocenters. The molecule has 0 aliphatic rings. The second-order valence-electron chi connectivity index (χ2n) is 5.68. The van der Waals surface area contributed by atoms with E-state index in [1.807, 2.05) is 20.8 Å². The fraction of sp³-hybridized carbons (Fsp3) is 0.316. The molecule has 0 heterocycles. The summed E-state index contributed by atoms with van der Waals surface area (Å²) in [5.74, 6) is 1.34. The van der Waals surface area contributed by atoms with Gasteiger partial charge in [0.2, 0.25) is 5.75 Å². The largest absolute Gasteiger partial charge is 0.490 e. The normalized spacial score (nSPS) is 10.9. The van der Waals surface area contributed by atoms with Crippen molar-refractivity contribution in [3.63, 3.8) is 0 Å². The highest BCUT2D eigenvalue weighted by Crippen LogP contribution is 2.40. The summed E-state index contributed by atoms with van der Waals surface area (Å²) in [4.78, 5) is 12.0. The minimum absolute atomic E-state index is 0.266. The van der Waals surface area contributed by atoms with Gasteiger partial charge in [0.1, 0.15) is 0 Å². The molecular weight excluding hydrogens is 400 g/mol. The number of carbonyl (C=O) groups excluding carboxylic acids is 1. The van der Waals surface area contributed by atoms with Crippen molar-refractivity contribution in [2.45, 2.75) is 25.7 Å². The highest BCUT2D eigenvalue weighted by molar-refractivity contribution is 7.85. The van der Waals surface area contributed by atoms with Gasteiger partial charge in [0.25, 0.3) is 10.1 Å². The number of ether oxygens (including phenoxy) is 3. The van der Waals surface area contributed by atoms with Gasteiger partial charge in [0.15, 0.2) is 11.5 Å². The molecule has 158 valence electrons. The van der Waals surface area contributed by atoms with Crippen molar-refractivity contribution in [2.24, 2.45) is 0 Å². The van der Waals surface area contributed by atoms with E-state index in [0.29, 0.717) is 48.4 Å². The topological polar surface area (TPSA) is 123 Å². The maximum atomic E-state index is 12.3. The fourth-order valence-electron chi connectivity index (χ4n) is 2.46. The van der Waals surface area contributed by atoms with Crippen LogP contribution in [0.1, 0.15) is 20.8 Å². The number of hydrogen-bond donors (Lipinski definition) is 3. The Bertz CT molecular complexity index is 917. The molecule has 9 nitrogen and oxygen atoms in total. The van der Waals surface area contributed by atoms with Gasteiger partial charge in [-0.05, 0) is 45.0 Å². The Morgan fingerprint density at radius 3 is 1.79 bits per heavy atom. The minimum atomic E-state index is -4.29. The maximum Gasteiger partial charge on any atom is 0.323 e. The van der Waals surface area contributed by atoms with Crippen LogP contribution in [0.5, 0.6) is 17.2 Å². The highest BCUT2D eigenvalue weighted by Gasteiger charge is 2.16. The monoisotopic (exact) mass is 424 g/mol. The zero-order valence-corrected chi connectivity index (χ0v) is 17.2. The van der Waals surface area contributed by atoms with Gasteiger partial charge in [-0.15, -0.1) is 0 Å². The zero-order valence-electron chi connectivity index (χ0n) is 16.4. The summed E-state index contributed by atoms with van der Waals surface area (Å²) in [5.41, 5.74) is 0.767. The van der Waals surface area contributed by atoms with Crippen LogP contribution in [-0.2, 0) is 10.1 Å². The molecule has 0 aliphatic carbocycles. The van der Waals surface area contributed by atoms with Crippen LogP contribution in [0, 0.1) is 0 Å². The predicted molar refractivity (Wildman–Crippen MR) is 109 cm³/mol. The lowest BCUT2D eigenvalue weighted by Crippen LogP contribution is -2.19. The Kier molecular flexibility index (Phi) is 7.68. The van der Waals surface area contributed by atoms with Gasteiger partial charge < -0.3 is 24.8 Å². The van der Waals surface area contributed by atoms with Gasteiger partial charge in [-0.25, -0.2) is 4.79 Å². The Morgan fingerprint density at radius 1 is 0.862 bits per heavy atom. The molecule has 2 aromatic carbocycles. The number of rotatable bonds is 9. The third-order valence-corrected chi connectivity index (χ3v) is 4.44. The van der Waals surface area contributed by atoms with Gasteiger partial charge in [0, 0.05) is 17.8 Å². The minimum Gasteiger partial charge on any atom is -0.490 e. The molecule has 2 rings (SSSR count). The van der Waals surface area contributed by atoms with Crippen LogP contribution < -0.4 is 24.8 Å². The van der Waals surface area contributed by atoms with Gasteiger partial charge in [-0.3, -0.25) is 4.55 Å². The van der Waals surface area contributed by atoms with Crippen LogP contribution in [-0.4, -0.2) is 38.8 Å². The fourth-order valence-corrected chi connectivity index (χ4v) is 2.94. The molecule has 3 N–H and O–H groups in total. The summed E-state index contributed by atoms with van der Waals surface area (Å²) >= 11 is 0. The van der Waals surface area contributed by atoms with Crippen molar-refractivity contribution in [2.75, 3.05) is 30.5 Å². The number of amides is 2. The SMILES string of the molecule is CCOc1cc(NC(=O)Nc2ccc(S(=O)(=O)O)cc2)cc(OCC)c1OCC. The zero-order chi connectivity index (χ0) is 21.4. The van der Waals surface area contributed by atoms with Crippen molar-refractivity contribution in [1.29, 1.82) is 0 Å². The third kappa shape index (κ3) is 6.26. The van der Waals surface area contributed by atoms with E-state index >= 15 is 0 Å². The molecule has 29 heavy (non-hydrogen) atoms. The molecule has 2 aromatic rings. The number of benzene rings is 2. The van der Waals surface area contributed by atoms with Gasteiger partial charge in [-0.2, -0.15) is 8.42 Å². The summed E-state index contributed by atoms with van der Waals surface area (Å²) in [6, 6.07) is 7.77.